The van der Waals surface area contributed by atoms with Crippen molar-refractivity contribution in [2.75, 3.05) is 49.4 Å². The second kappa shape index (κ2) is 30.5. The molecule has 0 radical (unpaired) electrons. The Morgan fingerprint density at radius 2 is 0.940 bits per heavy atom. The molecule has 9 atom stereocenters. The van der Waals surface area contributed by atoms with Crippen molar-refractivity contribution in [2.45, 2.75) is 140 Å². The summed E-state index contributed by atoms with van der Waals surface area (Å²) in [6, 6.07) is 0. The van der Waals surface area contributed by atoms with Crippen molar-refractivity contribution < 1.29 is 108 Å². The lowest BCUT2D eigenvalue weighted by Crippen LogP contribution is -2.44. The van der Waals surface area contributed by atoms with E-state index in [-0.39, 0.29) is 41.4 Å². The highest BCUT2D eigenvalue weighted by Gasteiger charge is 2.64. The number of hydrogen-bond acceptors (Lipinski definition) is 24. The molecule has 0 spiro atoms. The molecule has 3 saturated heterocycles. The third-order valence-corrected chi connectivity index (χ3v) is 13.6. The third kappa shape index (κ3) is 18.2. The number of aliphatic hydroxyl groups excluding tert-OH is 2. The third-order valence-electron chi connectivity index (χ3n) is 11.2. The summed E-state index contributed by atoms with van der Waals surface area (Å²) in [7, 11) is 0. The maximum Gasteiger partial charge on any atom is 0.412 e. The number of anilines is 3. The highest BCUT2D eigenvalue weighted by atomic mass is 127. The Labute approximate surface area is 505 Å². The number of nitrogens with one attached hydrogen (secondary N) is 2. The summed E-state index contributed by atoms with van der Waals surface area (Å²) >= 11 is 5.10. The number of hydrogen-bond donors (Lipinski definition) is 5. The molecule has 0 bridgehead atoms. The van der Waals surface area contributed by atoms with E-state index in [4.69, 9.17) is 44.0 Å². The van der Waals surface area contributed by atoms with Crippen LogP contribution in [0, 0.1) is 10.7 Å². The number of ether oxygens (including phenoxy) is 9. The molecule has 38 heteroatoms. The number of alkyl halides is 6. The lowest BCUT2D eigenvalue weighted by Gasteiger charge is -2.24. The molecule has 6 heterocycles. The molecule has 3 aliphatic heterocycles. The van der Waals surface area contributed by atoms with Crippen LogP contribution in [0.2, 0.25) is 0 Å². The largest absolute Gasteiger partial charge is 0.463 e. The number of carbonyl (C=O) groups is 6. The molecule has 2 amide bonds. The molecule has 29 nitrogen and oxygen atoms in total. The van der Waals surface area contributed by atoms with Gasteiger partial charge in [0.25, 0.3) is 0 Å². The number of aromatic nitrogens is 6. The number of esters is 4. The van der Waals surface area contributed by atoms with E-state index in [9.17, 15) is 65.8 Å². The number of rotatable bonds is 18. The first kappa shape index (κ1) is 69.9. The van der Waals surface area contributed by atoms with Gasteiger partial charge in [-0.2, -0.15) is 41.3 Å². The zero-order chi connectivity index (χ0) is 62.5. The number of halogens is 9. The van der Waals surface area contributed by atoms with Crippen LogP contribution in [0.25, 0.3) is 0 Å². The molecule has 6 rings (SSSR count). The summed E-state index contributed by atoms with van der Waals surface area (Å²) in [6.07, 6.45) is -13.0. The molecule has 3 aromatic heterocycles. The highest BCUT2D eigenvalue weighted by Crippen LogP contribution is 2.46. The molecule has 0 aliphatic carbocycles. The Hall–Kier alpha value is -5.57. The van der Waals surface area contributed by atoms with E-state index in [0.717, 1.165) is 59.1 Å². The van der Waals surface area contributed by atoms with Crippen LogP contribution in [0.1, 0.15) is 85.9 Å². The number of nitrogen functional groups attached to an aromatic ring is 1. The lowest BCUT2D eigenvalue weighted by atomic mass is 10.1. The van der Waals surface area contributed by atoms with Gasteiger partial charge in [-0.25, -0.2) is 24.0 Å². The zero-order valence-electron chi connectivity index (χ0n) is 44.2. The SMILES string of the molecule is CC(=O)OC[C@H]1O[C@@H](n2cc(I)c(N)nc2=O)C(F)(F)C1OC(C)=O.CCCCOC(=O)Nc1nc(=O)n([C@@H]2O[C@H](CO)C(O)C2(F)F)cc1I.CCCCOC(=O)Nc1nc(=O)n([C@@H]2O[C@H](COC(C)=O)C(OC(C)=O)C2(F)F)cc1I. The number of carbonyl (C=O) groups excluding carboxylic acids is 6. The van der Waals surface area contributed by atoms with E-state index in [1.54, 1.807) is 67.8 Å². The van der Waals surface area contributed by atoms with Crippen molar-refractivity contribution in [2.24, 2.45) is 0 Å². The van der Waals surface area contributed by atoms with E-state index in [0.29, 0.717) is 26.5 Å². The van der Waals surface area contributed by atoms with Gasteiger partial charge in [0.1, 0.15) is 37.3 Å². The molecule has 6 N–H and O–H groups in total. The quantitative estimate of drug-likeness (QED) is 0.0398. The van der Waals surface area contributed by atoms with Crippen molar-refractivity contribution >= 4 is 121 Å². The van der Waals surface area contributed by atoms with Crippen LogP contribution in [0.3, 0.4) is 0 Å². The fourth-order valence-electron chi connectivity index (χ4n) is 7.28. The van der Waals surface area contributed by atoms with Crippen LogP contribution in [-0.4, -0.2) is 162 Å². The molecule has 3 unspecified atom stereocenters. The second-order valence-corrected chi connectivity index (χ2v) is 21.0. The molecular weight excluding hydrogens is 1480 g/mol. The van der Waals surface area contributed by atoms with Crippen LogP contribution in [-0.2, 0) is 61.8 Å². The van der Waals surface area contributed by atoms with E-state index in [1.807, 2.05) is 13.8 Å². The highest BCUT2D eigenvalue weighted by molar-refractivity contribution is 14.1. The average molecular weight is 1540 g/mol. The Balaban J connectivity index is 0.000000270. The first-order valence-corrected chi connectivity index (χ1v) is 27.5. The molecule has 0 aromatic carbocycles. The normalized spacial score (nSPS) is 23.5. The number of aliphatic hydroxyl groups is 2. The average Bonchev–Trinajstić information content (AvgIpc) is 3.21. The maximum atomic E-state index is 15.1. The molecule has 3 aliphatic rings. The summed E-state index contributed by atoms with van der Waals surface area (Å²) in [6.45, 7) is 6.20. The van der Waals surface area contributed by atoms with Crippen LogP contribution in [0.15, 0.2) is 33.0 Å². The van der Waals surface area contributed by atoms with Crippen LogP contribution < -0.4 is 33.4 Å². The van der Waals surface area contributed by atoms with Gasteiger partial charge in [-0.15, -0.1) is 0 Å². The number of nitrogens with zero attached hydrogens (tertiary/aromatic N) is 6. The molecule has 3 aromatic rings. The van der Waals surface area contributed by atoms with Crippen LogP contribution in [0.5, 0.6) is 0 Å². The summed E-state index contributed by atoms with van der Waals surface area (Å²) in [4.78, 5) is 115. The molecule has 0 saturated carbocycles. The van der Waals surface area contributed by atoms with Gasteiger partial charge in [-0.3, -0.25) is 43.5 Å². The van der Waals surface area contributed by atoms with Gasteiger partial charge in [-0.1, -0.05) is 26.7 Å². The van der Waals surface area contributed by atoms with E-state index in [2.05, 4.69) is 35.1 Å². The number of nitrogens with two attached hydrogens (primary N) is 1. The molecule has 83 heavy (non-hydrogen) atoms. The predicted molar refractivity (Wildman–Crippen MR) is 292 cm³/mol. The van der Waals surface area contributed by atoms with Crippen molar-refractivity contribution in [1.29, 1.82) is 0 Å². The summed E-state index contributed by atoms with van der Waals surface area (Å²) in [5.74, 6) is -15.3. The summed E-state index contributed by atoms with van der Waals surface area (Å²) in [5, 5.41) is 23.1. The van der Waals surface area contributed by atoms with Gasteiger partial charge in [0.15, 0.2) is 29.9 Å². The van der Waals surface area contributed by atoms with Gasteiger partial charge < -0.3 is 58.6 Å². The van der Waals surface area contributed by atoms with E-state index in [1.165, 1.54) is 0 Å². The fraction of sp³-hybridized carbons (Fsp3) is 0.600. The van der Waals surface area contributed by atoms with E-state index < -0.39 is 146 Å². The predicted octanol–water partition coefficient (Wildman–Crippen LogP) is 3.76. The van der Waals surface area contributed by atoms with Crippen LogP contribution >= 0.6 is 67.8 Å². The summed E-state index contributed by atoms with van der Waals surface area (Å²) in [5.41, 5.74) is 2.13. The Morgan fingerprint density at radius 3 is 1.28 bits per heavy atom. The standard InChI is InChI=1S/C18H22F2IN3O8.C14H18F2IN3O6.C13H14F2IN3O6/c1-4-5-6-29-17(28)23-14-11(21)7-24(16(27)22-14)15-18(19,20)13(31-10(3)26)12(32-15)8-30-9(2)25;1-2-3-4-25-13(24)19-10-7(17)5-20(12(23)18-10)11-14(15,16)9(22)8(6-21)26-11;1-5(20)23-4-8-9(24-6(2)21)13(14,15)11(25-8)19-3-7(16)10(17)18-12(19)22/h7,12-13,15H,4-6,8H2,1-3H3,(H,22,23,27,28);5,8-9,11,21-22H,2-4,6H2,1H3,(H,18,19,23,24);3,8-9,11H,4H2,1-2H3,(H2,17,18,22)/t12-,13?,15-;2*8-,9?,11-/m111/s1. The summed E-state index contributed by atoms with van der Waals surface area (Å²) < 4.78 is 134. The first-order chi connectivity index (χ1) is 38.7. The number of unbranched alkanes of at least 4 members (excludes halogenated alkanes) is 2. The zero-order valence-corrected chi connectivity index (χ0v) is 50.7. The van der Waals surface area contributed by atoms with Crippen molar-refractivity contribution in [1.82, 2.24) is 28.7 Å². The monoisotopic (exact) mass is 1540 g/mol. The molecule has 3 fully saturated rings. The lowest BCUT2D eigenvalue weighted by molar-refractivity contribution is -0.175. The number of amides is 2. The maximum absolute atomic E-state index is 15.1. The minimum atomic E-state index is -3.86. The second-order valence-electron chi connectivity index (χ2n) is 17.5. The van der Waals surface area contributed by atoms with Gasteiger partial charge in [-0.05, 0) is 80.6 Å². The minimum Gasteiger partial charge on any atom is -0.463 e. The minimum absolute atomic E-state index is 0.115. The van der Waals surface area contributed by atoms with Crippen molar-refractivity contribution in [3.63, 3.8) is 0 Å². The van der Waals surface area contributed by atoms with Crippen molar-refractivity contribution in [3.8, 4) is 0 Å². The van der Waals surface area contributed by atoms with E-state index >= 15 is 8.78 Å². The fourth-order valence-corrected chi connectivity index (χ4v) is 8.81. The Bertz CT molecular complexity index is 3020. The molecule has 462 valence electrons. The Kier molecular flexibility index (Phi) is 25.7. The van der Waals surface area contributed by atoms with Crippen molar-refractivity contribution in [3.05, 3.63) is 60.8 Å². The molecular formula is C45H54F6I3N9O20. The van der Waals surface area contributed by atoms with Crippen LogP contribution in [0.4, 0.5) is 53.4 Å². The van der Waals surface area contributed by atoms with Gasteiger partial charge >= 0.3 is 70.9 Å². The first-order valence-electron chi connectivity index (χ1n) is 24.2. The van der Waals surface area contributed by atoms with Gasteiger partial charge in [0, 0.05) is 46.3 Å². The Morgan fingerprint density at radius 1 is 0.590 bits per heavy atom. The van der Waals surface area contributed by atoms with Gasteiger partial charge in [0.05, 0.1) is 30.5 Å². The van der Waals surface area contributed by atoms with Gasteiger partial charge in [0.2, 0.25) is 18.7 Å². The smallest absolute Gasteiger partial charge is 0.412 e. The topological polar surface area (TPSA) is 381 Å².